The fourth-order valence-corrected chi connectivity index (χ4v) is 5.40. The Bertz CT molecular complexity index is 516. The third-order valence-electron chi connectivity index (χ3n) is 6.06. The van der Waals surface area contributed by atoms with Crippen LogP contribution >= 0.6 is 15.9 Å². The lowest BCUT2D eigenvalue weighted by atomic mass is 9.90. The summed E-state index contributed by atoms with van der Waals surface area (Å²) in [7, 11) is 2.33. The van der Waals surface area contributed by atoms with E-state index in [0.29, 0.717) is 6.04 Å². The van der Waals surface area contributed by atoms with Crippen molar-refractivity contribution in [3.05, 3.63) is 33.8 Å². The molecule has 1 aromatic rings. The van der Waals surface area contributed by atoms with Gasteiger partial charge in [-0.15, -0.1) is 0 Å². The molecule has 2 fully saturated rings. The maximum absolute atomic E-state index is 3.88. The van der Waals surface area contributed by atoms with Crippen molar-refractivity contribution in [3.63, 3.8) is 0 Å². The van der Waals surface area contributed by atoms with Crippen LogP contribution in [0.4, 0.5) is 0 Å². The van der Waals surface area contributed by atoms with E-state index in [1.165, 1.54) is 60.7 Å². The molecule has 1 aliphatic carbocycles. The van der Waals surface area contributed by atoms with Crippen molar-refractivity contribution in [2.24, 2.45) is 5.92 Å². The molecule has 114 valence electrons. The van der Waals surface area contributed by atoms with Crippen molar-refractivity contribution in [3.8, 4) is 0 Å². The van der Waals surface area contributed by atoms with Gasteiger partial charge >= 0.3 is 0 Å². The molecule has 2 heterocycles. The molecule has 3 atom stereocenters. The number of rotatable bonds is 3. The lowest BCUT2D eigenvalue weighted by Gasteiger charge is -2.36. The highest BCUT2D eigenvalue weighted by atomic mass is 79.9. The lowest BCUT2D eigenvalue weighted by molar-refractivity contribution is 0.131. The van der Waals surface area contributed by atoms with Crippen LogP contribution in [0.25, 0.3) is 0 Å². The van der Waals surface area contributed by atoms with Gasteiger partial charge in [0.25, 0.3) is 0 Å². The Morgan fingerprint density at radius 1 is 1.19 bits per heavy atom. The Morgan fingerprint density at radius 2 is 1.95 bits per heavy atom. The van der Waals surface area contributed by atoms with Crippen molar-refractivity contribution in [1.29, 1.82) is 0 Å². The van der Waals surface area contributed by atoms with Crippen LogP contribution in [0.15, 0.2) is 22.7 Å². The van der Waals surface area contributed by atoms with Crippen LogP contribution in [0.2, 0.25) is 0 Å². The number of halogens is 1. The average molecular weight is 349 g/mol. The van der Waals surface area contributed by atoms with Crippen molar-refractivity contribution in [2.45, 2.75) is 56.7 Å². The van der Waals surface area contributed by atoms with Gasteiger partial charge in [-0.1, -0.05) is 28.1 Å². The minimum absolute atomic E-state index is 0.579. The molecule has 21 heavy (non-hydrogen) atoms. The number of nitrogens with one attached hydrogen (secondary N) is 1. The molecule has 2 bridgehead atoms. The van der Waals surface area contributed by atoms with Crippen LogP contribution in [0.1, 0.15) is 49.3 Å². The molecule has 4 rings (SSSR count). The Labute approximate surface area is 136 Å². The van der Waals surface area contributed by atoms with Crippen molar-refractivity contribution in [1.82, 2.24) is 10.2 Å². The van der Waals surface area contributed by atoms with E-state index < -0.39 is 0 Å². The predicted octanol–water partition coefficient (Wildman–Crippen LogP) is 3.90. The van der Waals surface area contributed by atoms with Gasteiger partial charge in [-0.05, 0) is 75.2 Å². The Balaban J connectivity index is 1.38. The largest absolute Gasteiger partial charge is 0.310 e. The second kappa shape index (κ2) is 5.68. The highest BCUT2D eigenvalue weighted by Gasteiger charge is 2.38. The molecular formula is C18H25BrN2. The van der Waals surface area contributed by atoms with E-state index in [4.69, 9.17) is 0 Å². The number of fused-ring (bicyclic) bond motifs is 3. The fraction of sp³-hybridized carbons (Fsp3) is 0.667. The number of nitrogens with zero attached hydrogens (tertiary/aromatic N) is 1. The normalized spacial score (nSPS) is 35.1. The van der Waals surface area contributed by atoms with Gasteiger partial charge in [-0.2, -0.15) is 0 Å². The molecule has 0 spiro atoms. The van der Waals surface area contributed by atoms with Gasteiger partial charge in [0.2, 0.25) is 0 Å². The zero-order valence-corrected chi connectivity index (χ0v) is 14.4. The minimum atomic E-state index is 0.579. The molecule has 1 N–H and O–H groups in total. The van der Waals surface area contributed by atoms with Crippen LogP contribution in [0.5, 0.6) is 0 Å². The van der Waals surface area contributed by atoms with Crippen molar-refractivity contribution >= 4 is 15.9 Å². The molecule has 3 aliphatic rings. The van der Waals surface area contributed by atoms with Gasteiger partial charge in [0, 0.05) is 22.6 Å². The van der Waals surface area contributed by atoms with Gasteiger partial charge < -0.3 is 10.2 Å². The predicted molar refractivity (Wildman–Crippen MR) is 90.5 cm³/mol. The zero-order chi connectivity index (χ0) is 14.4. The molecule has 0 amide bonds. The Kier molecular flexibility index (Phi) is 3.85. The first kappa shape index (κ1) is 14.2. The molecule has 2 aliphatic heterocycles. The van der Waals surface area contributed by atoms with Crippen LogP contribution in [-0.2, 0) is 6.42 Å². The lowest BCUT2D eigenvalue weighted by Crippen LogP contribution is -2.42. The van der Waals surface area contributed by atoms with E-state index in [1.54, 1.807) is 0 Å². The van der Waals surface area contributed by atoms with Crippen LogP contribution < -0.4 is 5.32 Å². The van der Waals surface area contributed by atoms with Crippen LogP contribution in [-0.4, -0.2) is 30.6 Å². The molecule has 0 saturated carbocycles. The molecule has 0 aromatic heterocycles. The minimum Gasteiger partial charge on any atom is -0.310 e. The number of piperidine rings is 1. The highest BCUT2D eigenvalue weighted by Crippen LogP contribution is 2.39. The summed E-state index contributed by atoms with van der Waals surface area (Å²) in [5.74, 6) is 0.884. The number of hydrogen-bond donors (Lipinski definition) is 1. The van der Waals surface area contributed by atoms with Gasteiger partial charge in [0.15, 0.2) is 0 Å². The maximum Gasteiger partial charge on any atom is 0.0326 e. The van der Waals surface area contributed by atoms with Gasteiger partial charge in [0.1, 0.15) is 0 Å². The second-order valence-electron chi connectivity index (χ2n) is 7.20. The fourth-order valence-electron chi connectivity index (χ4n) is 4.82. The van der Waals surface area contributed by atoms with Gasteiger partial charge in [-0.25, -0.2) is 0 Å². The summed E-state index contributed by atoms with van der Waals surface area (Å²) >= 11 is 3.70. The molecule has 3 unspecified atom stereocenters. The first-order valence-electron chi connectivity index (χ1n) is 8.45. The highest BCUT2D eigenvalue weighted by molar-refractivity contribution is 9.10. The second-order valence-corrected chi connectivity index (χ2v) is 8.05. The summed E-state index contributed by atoms with van der Waals surface area (Å²) < 4.78 is 1.29. The van der Waals surface area contributed by atoms with E-state index >= 15 is 0 Å². The Morgan fingerprint density at radius 3 is 2.71 bits per heavy atom. The summed E-state index contributed by atoms with van der Waals surface area (Å²) in [6, 6.07) is 8.97. The summed E-state index contributed by atoms with van der Waals surface area (Å²) in [5, 5.41) is 3.88. The molecule has 2 saturated heterocycles. The van der Waals surface area contributed by atoms with Crippen molar-refractivity contribution < 1.29 is 0 Å². The smallest absolute Gasteiger partial charge is 0.0326 e. The molecule has 3 heteroatoms. The molecule has 1 aromatic carbocycles. The summed E-state index contributed by atoms with van der Waals surface area (Å²) in [6.45, 7) is 1.21. The average Bonchev–Trinajstić information content (AvgIpc) is 2.96. The standard InChI is InChI=1S/C18H25BrN2/c1-21-13-5-6-14(21)10-12(9-13)11-20-18-8-7-15-16(18)3-2-4-17(15)19/h2-4,12-14,18,20H,5-11H2,1H3. The van der Waals surface area contributed by atoms with Crippen molar-refractivity contribution in [2.75, 3.05) is 13.6 Å². The first-order valence-corrected chi connectivity index (χ1v) is 9.24. The summed E-state index contributed by atoms with van der Waals surface area (Å²) in [4.78, 5) is 2.64. The first-order chi connectivity index (χ1) is 10.2. The maximum atomic E-state index is 3.88. The molecule has 2 nitrogen and oxygen atoms in total. The number of hydrogen-bond acceptors (Lipinski definition) is 2. The monoisotopic (exact) mass is 348 g/mol. The van der Waals surface area contributed by atoms with E-state index in [-0.39, 0.29) is 0 Å². The zero-order valence-electron chi connectivity index (χ0n) is 12.8. The quantitative estimate of drug-likeness (QED) is 0.890. The topological polar surface area (TPSA) is 15.3 Å². The van der Waals surface area contributed by atoms with E-state index in [2.05, 4.69) is 51.4 Å². The van der Waals surface area contributed by atoms with Crippen LogP contribution in [0, 0.1) is 5.92 Å². The van der Waals surface area contributed by atoms with E-state index in [1.807, 2.05) is 0 Å². The van der Waals surface area contributed by atoms with Gasteiger partial charge in [0.05, 0.1) is 0 Å². The third kappa shape index (κ3) is 2.58. The summed E-state index contributed by atoms with van der Waals surface area (Å²) in [5.41, 5.74) is 3.05. The van der Waals surface area contributed by atoms with Gasteiger partial charge in [-0.3, -0.25) is 0 Å². The third-order valence-corrected chi connectivity index (χ3v) is 6.81. The van der Waals surface area contributed by atoms with Crippen LogP contribution in [0.3, 0.4) is 0 Å². The van der Waals surface area contributed by atoms with E-state index in [0.717, 1.165) is 18.0 Å². The number of benzene rings is 1. The summed E-state index contributed by atoms with van der Waals surface area (Å²) in [6.07, 6.45) is 8.13. The Hall–Kier alpha value is -0.380. The van der Waals surface area contributed by atoms with E-state index in [9.17, 15) is 0 Å². The molecule has 0 radical (unpaired) electrons. The SMILES string of the molecule is CN1C2CCC1CC(CNC1CCc3c(Br)cccc31)C2. The molecular weight excluding hydrogens is 324 g/mol.